The molecule has 2 aliphatic heterocycles. The second-order valence-corrected chi connectivity index (χ2v) is 8.09. The van der Waals surface area contributed by atoms with Gasteiger partial charge in [-0.2, -0.15) is 0 Å². The molecule has 0 unspecified atom stereocenters. The van der Waals surface area contributed by atoms with Gasteiger partial charge in [0.25, 0.3) is 5.91 Å². The van der Waals surface area contributed by atoms with E-state index in [1.807, 2.05) is 44.2 Å². The van der Waals surface area contributed by atoms with Gasteiger partial charge in [0.2, 0.25) is 5.91 Å². The minimum atomic E-state index is -0.598. The van der Waals surface area contributed by atoms with Gasteiger partial charge in [-0.15, -0.1) is 0 Å². The van der Waals surface area contributed by atoms with Crippen molar-refractivity contribution in [3.8, 4) is 0 Å². The summed E-state index contributed by atoms with van der Waals surface area (Å²) in [6, 6.07) is 12.8. The predicted octanol–water partition coefficient (Wildman–Crippen LogP) is 3.34. The number of hydrogen-bond acceptors (Lipinski definition) is 5. The van der Waals surface area contributed by atoms with E-state index in [1.54, 1.807) is 12.1 Å². The number of rotatable bonds is 6. The van der Waals surface area contributed by atoms with E-state index in [0.717, 1.165) is 42.6 Å². The molecule has 7 nitrogen and oxygen atoms in total. The molecule has 2 heterocycles. The number of esters is 1. The van der Waals surface area contributed by atoms with Crippen molar-refractivity contribution in [2.45, 2.75) is 45.2 Å². The van der Waals surface area contributed by atoms with Crippen molar-refractivity contribution in [3.05, 3.63) is 59.2 Å². The summed E-state index contributed by atoms with van der Waals surface area (Å²) in [5.41, 5.74) is 3.99. The van der Waals surface area contributed by atoms with Gasteiger partial charge >= 0.3 is 5.97 Å². The summed E-state index contributed by atoms with van der Waals surface area (Å²) in [4.78, 5) is 39.2. The topological polar surface area (TPSA) is 87.7 Å². The van der Waals surface area contributed by atoms with Crippen LogP contribution in [0.1, 0.15) is 53.7 Å². The normalized spacial score (nSPS) is 17.9. The van der Waals surface area contributed by atoms with E-state index in [2.05, 4.69) is 15.5 Å². The molecule has 7 heteroatoms. The Morgan fingerprint density at radius 2 is 2.00 bits per heavy atom. The van der Waals surface area contributed by atoms with Crippen LogP contribution in [-0.4, -0.2) is 37.0 Å². The van der Waals surface area contributed by atoms with Gasteiger partial charge in [-0.25, -0.2) is 4.79 Å². The van der Waals surface area contributed by atoms with Crippen molar-refractivity contribution >= 4 is 29.2 Å². The summed E-state index contributed by atoms with van der Waals surface area (Å²) < 4.78 is 5.22. The van der Waals surface area contributed by atoms with Crippen molar-refractivity contribution in [1.29, 1.82) is 0 Å². The van der Waals surface area contributed by atoms with Gasteiger partial charge in [-0.3, -0.25) is 9.59 Å². The Kier molecular flexibility index (Phi) is 5.93. The third kappa shape index (κ3) is 4.40. The fourth-order valence-corrected chi connectivity index (χ4v) is 4.23. The maximum absolute atomic E-state index is 12.5. The van der Waals surface area contributed by atoms with E-state index in [0.29, 0.717) is 11.3 Å². The first kappa shape index (κ1) is 20.9. The highest BCUT2D eigenvalue weighted by atomic mass is 16.5. The summed E-state index contributed by atoms with van der Waals surface area (Å²) in [5.74, 6) is -0.998. The summed E-state index contributed by atoms with van der Waals surface area (Å²) in [6.07, 6.45) is 2.54. The number of carbonyl (C=O) groups excluding carboxylic acids is 3. The van der Waals surface area contributed by atoms with Gasteiger partial charge in [-0.05, 0) is 49.9 Å². The second-order valence-electron chi connectivity index (χ2n) is 8.09. The molecule has 2 amide bonds. The van der Waals surface area contributed by atoms with E-state index in [9.17, 15) is 14.4 Å². The Balaban J connectivity index is 1.36. The standard InChI is InChI=1S/C24H27N3O4/c1-3-18(16-8-6-15(2)7-9-16)25-22(28)14-31-24(30)17-10-11-20-19(13-17)26-23(29)21-5-4-12-27(20)21/h6-11,13,18,21H,3-5,12,14H2,1-2H3,(H,25,28)(H,26,29)/t18-,21+/m0/s1. The molecule has 2 aliphatic rings. The molecule has 0 radical (unpaired) electrons. The van der Waals surface area contributed by atoms with Crippen LogP contribution >= 0.6 is 0 Å². The molecular weight excluding hydrogens is 394 g/mol. The Bertz CT molecular complexity index is 1000. The van der Waals surface area contributed by atoms with Crippen LogP contribution in [0, 0.1) is 6.92 Å². The zero-order valence-electron chi connectivity index (χ0n) is 17.8. The van der Waals surface area contributed by atoms with Crippen LogP contribution in [0.2, 0.25) is 0 Å². The van der Waals surface area contributed by atoms with Gasteiger partial charge in [0.05, 0.1) is 23.0 Å². The Morgan fingerprint density at radius 1 is 1.23 bits per heavy atom. The van der Waals surface area contributed by atoms with E-state index in [4.69, 9.17) is 4.74 Å². The maximum Gasteiger partial charge on any atom is 0.338 e. The average molecular weight is 421 g/mol. The first-order valence-corrected chi connectivity index (χ1v) is 10.7. The molecule has 31 heavy (non-hydrogen) atoms. The molecule has 0 aliphatic carbocycles. The third-order valence-corrected chi connectivity index (χ3v) is 5.91. The van der Waals surface area contributed by atoms with Gasteiger partial charge in [0.15, 0.2) is 6.61 Å². The second kappa shape index (κ2) is 8.79. The molecular formula is C24H27N3O4. The number of ether oxygens (including phenoxy) is 1. The van der Waals surface area contributed by atoms with E-state index < -0.39 is 5.97 Å². The van der Waals surface area contributed by atoms with Crippen LogP contribution in [0.4, 0.5) is 11.4 Å². The van der Waals surface area contributed by atoms with Gasteiger partial charge in [0, 0.05) is 6.54 Å². The maximum atomic E-state index is 12.5. The molecule has 0 bridgehead atoms. The number of hydrogen-bond donors (Lipinski definition) is 2. The van der Waals surface area contributed by atoms with Gasteiger partial charge in [0.1, 0.15) is 6.04 Å². The lowest BCUT2D eigenvalue weighted by atomic mass is 10.0. The van der Waals surface area contributed by atoms with Crippen molar-refractivity contribution in [3.63, 3.8) is 0 Å². The Morgan fingerprint density at radius 3 is 2.74 bits per heavy atom. The molecule has 2 N–H and O–H groups in total. The summed E-state index contributed by atoms with van der Waals surface area (Å²) in [6.45, 7) is 4.47. The average Bonchev–Trinajstić information content (AvgIpc) is 3.27. The fraction of sp³-hybridized carbons (Fsp3) is 0.375. The first-order valence-electron chi connectivity index (χ1n) is 10.7. The van der Waals surface area contributed by atoms with Crippen LogP contribution in [0.3, 0.4) is 0 Å². The van der Waals surface area contributed by atoms with Crippen LogP contribution in [0.15, 0.2) is 42.5 Å². The molecule has 0 saturated carbocycles. The van der Waals surface area contributed by atoms with Crippen molar-refractivity contribution < 1.29 is 19.1 Å². The smallest absolute Gasteiger partial charge is 0.338 e. The fourth-order valence-electron chi connectivity index (χ4n) is 4.23. The molecule has 162 valence electrons. The van der Waals surface area contributed by atoms with Crippen LogP contribution in [0.25, 0.3) is 0 Å². The number of fused-ring (bicyclic) bond motifs is 3. The number of aryl methyl sites for hydroxylation is 1. The SMILES string of the molecule is CC[C@H](NC(=O)COC(=O)c1ccc2c(c1)NC(=O)[C@H]1CCCN21)c1ccc(C)cc1. The number of carbonyl (C=O) groups is 3. The largest absolute Gasteiger partial charge is 0.452 e. The first-order chi connectivity index (χ1) is 15.0. The summed E-state index contributed by atoms with van der Waals surface area (Å²) >= 11 is 0. The zero-order valence-corrected chi connectivity index (χ0v) is 17.8. The third-order valence-electron chi connectivity index (χ3n) is 5.91. The molecule has 1 saturated heterocycles. The lowest BCUT2D eigenvalue weighted by molar-refractivity contribution is -0.125. The minimum Gasteiger partial charge on any atom is -0.452 e. The lowest BCUT2D eigenvalue weighted by Crippen LogP contribution is -2.43. The van der Waals surface area contributed by atoms with Crippen LogP contribution < -0.4 is 15.5 Å². The lowest BCUT2D eigenvalue weighted by Gasteiger charge is -2.33. The molecule has 2 aromatic rings. The number of nitrogens with one attached hydrogen (secondary N) is 2. The summed E-state index contributed by atoms with van der Waals surface area (Å²) in [7, 11) is 0. The van der Waals surface area contributed by atoms with Crippen molar-refractivity contribution in [2.75, 3.05) is 23.4 Å². The zero-order chi connectivity index (χ0) is 22.0. The molecule has 0 spiro atoms. The number of benzene rings is 2. The van der Waals surface area contributed by atoms with Crippen molar-refractivity contribution in [2.24, 2.45) is 0 Å². The molecule has 0 aromatic heterocycles. The van der Waals surface area contributed by atoms with Gasteiger partial charge < -0.3 is 20.3 Å². The highest BCUT2D eigenvalue weighted by molar-refractivity contribution is 6.05. The van der Waals surface area contributed by atoms with Crippen molar-refractivity contribution in [1.82, 2.24) is 5.32 Å². The number of anilines is 2. The monoisotopic (exact) mass is 421 g/mol. The molecule has 1 fully saturated rings. The predicted molar refractivity (Wildman–Crippen MR) is 118 cm³/mol. The van der Waals surface area contributed by atoms with E-state index >= 15 is 0 Å². The Hall–Kier alpha value is -3.35. The minimum absolute atomic E-state index is 0.0448. The quantitative estimate of drug-likeness (QED) is 0.699. The molecule has 2 atom stereocenters. The Labute approximate surface area is 181 Å². The van der Waals surface area contributed by atoms with Crippen LogP contribution in [0.5, 0.6) is 0 Å². The highest BCUT2D eigenvalue weighted by Gasteiger charge is 2.36. The van der Waals surface area contributed by atoms with E-state index in [1.165, 1.54) is 0 Å². The number of amides is 2. The number of nitrogens with zero attached hydrogens (tertiary/aromatic N) is 1. The van der Waals surface area contributed by atoms with Gasteiger partial charge in [-0.1, -0.05) is 36.8 Å². The summed E-state index contributed by atoms with van der Waals surface area (Å²) in [5, 5.41) is 5.79. The van der Waals surface area contributed by atoms with E-state index in [-0.39, 0.29) is 30.5 Å². The van der Waals surface area contributed by atoms with Crippen LogP contribution in [-0.2, 0) is 14.3 Å². The highest BCUT2D eigenvalue weighted by Crippen LogP contribution is 2.37. The molecule has 2 aromatic carbocycles. The molecule has 4 rings (SSSR count).